The largest absolute Gasteiger partial charge is 0.476 e. The Morgan fingerprint density at radius 2 is 2.00 bits per heavy atom. The summed E-state index contributed by atoms with van der Waals surface area (Å²) in [6.45, 7) is 4.17. The van der Waals surface area contributed by atoms with Gasteiger partial charge in [-0.15, -0.1) is 0 Å². The zero-order valence-corrected chi connectivity index (χ0v) is 11.8. The highest BCUT2D eigenvalue weighted by Gasteiger charge is 2.14. The fourth-order valence-electron chi connectivity index (χ4n) is 1.94. The molecular weight excluding hydrogens is 264 g/mol. The Bertz CT molecular complexity index is 632. The maximum absolute atomic E-state index is 10.9. The van der Waals surface area contributed by atoms with Crippen LogP contribution >= 0.6 is 11.6 Å². The Hall–Kier alpha value is -1.81. The molecule has 19 heavy (non-hydrogen) atoms. The molecule has 0 fully saturated rings. The number of hydrogen-bond acceptors (Lipinski definition) is 2. The van der Waals surface area contributed by atoms with Gasteiger partial charge in [0.1, 0.15) is 0 Å². The number of carboxylic acid groups (broad SMARTS) is 1. The molecule has 2 rings (SSSR count). The highest BCUT2D eigenvalue weighted by atomic mass is 35.5. The number of aromatic nitrogens is 2. The summed E-state index contributed by atoms with van der Waals surface area (Å²) in [6, 6.07) is 7.30. The molecule has 4 nitrogen and oxygen atoms in total. The van der Waals surface area contributed by atoms with Crippen LogP contribution in [0.2, 0.25) is 5.02 Å². The van der Waals surface area contributed by atoms with Gasteiger partial charge in [0.15, 0.2) is 5.69 Å². The van der Waals surface area contributed by atoms with Gasteiger partial charge in [0.25, 0.3) is 0 Å². The van der Waals surface area contributed by atoms with Crippen molar-refractivity contribution in [2.75, 3.05) is 0 Å². The molecule has 1 aromatic heterocycles. The van der Waals surface area contributed by atoms with Crippen LogP contribution in [0.4, 0.5) is 0 Å². The second-order valence-corrected chi connectivity index (χ2v) is 5.21. The molecule has 5 heteroatoms. The van der Waals surface area contributed by atoms with E-state index in [1.54, 1.807) is 17.8 Å². The van der Waals surface area contributed by atoms with Gasteiger partial charge in [0.2, 0.25) is 0 Å². The van der Waals surface area contributed by atoms with Crippen molar-refractivity contribution in [2.24, 2.45) is 7.05 Å². The van der Waals surface area contributed by atoms with Crippen molar-refractivity contribution in [1.29, 1.82) is 0 Å². The van der Waals surface area contributed by atoms with Gasteiger partial charge in [-0.1, -0.05) is 25.4 Å². The van der Waals surface area contributed by atoms with Gasteiger partial charge in [-0.2, -0.15) is 5.10 Å². The predicted molar refractivity (Wildman–Crippen MR) is 74.7 cm³/mol. The van der Waals surface area contributed by atoms with Crippen molar-refractivity contribution >= 4 is 17.6 Å². The Kier molecular flexibility index (Phi) is 3.62. The fraction of sp³-hybridized carbons (Fsp3) is 0.286. The minimum atomic E-state index is -1.03. The number of aryl methyl sites for hydroxylation is 1. The van der Waals surface area contributed by atoms with Crippen LogP contribution < -0.4 is 0 Å². The molecule has 1 heterocycles. The molecule has 0 aliphatic carbocycles. The number of nitrogens with zero attached hydrogens (tertiary/aromatic N) is 2. The highest BCUT2D eigenvalue weighted by molar-refractivity contribution is 6.31. The lowest BCUT2D eigenvalue weighted by atomic mass is 9.99. The molecule has 0 atom stereocenters. The quantitative estimate of drug-likeness (QED) is 0.934. The minimum Gasteiger partial charge on any atom is -0.476 e. The first-order valence-electron chi connectivity index (χ1n) is 5.96. The van der Waals surface area contributed by atoms with Crippen molar-refractivity contribution < 1.29 is 9.90 Å². The maximum atomic E-state index is 10.9. The Morgan fingerprint density at radius 3 is 2.53 bits per heavy atom. The lowest BCUT2D eigenvalue weighted by molar-refractivity contribution is 0.0689. The van der Waals surface area contributed by atoms with E-state index in [9.17, 15) is 4.79 Å². The van der Waals surface area contributed by atoms with Crippen molar-refractivity contribution in [3.8, 4) is 11.3 Å². The van der Waals surface area contributed by atoms with E-state index in [1.165, 1.54) is 0 Å². The summed E-state index contributed by atoms with van der Waals surface area (Å²) in [5.41, 5.74) is 2.75. The monoisotopic (exact) mass is 278 g/mol. The molecule has 1 aromatic carbocycles. The number of rotatable bonds is 3. The number of benzene rings is 1. The average Bonchev–Trinajstić information content (AvgIpc) is 2.70. The van der Waals surface area contributed by atoms with Crippen LogP contribution in [0.25, 0.3) is 11.3 Å². The number of carbonyl (C=O) groups is 1. The molecule has 0 saturated heterocycles. The van der Waals surface area contributed by atoms with E-state index in [2.05, 4.69) is 18.9 Å². The van der Waals surface area contributed by atoms with Gasteiger partial charge < -0.3 is 5.11 Å². The molecule has 0 amide bonds. The van der Waals surface area contributed by atoms with E-state index in [4.69, 9.17) is 16.7 Å². The molecule has 2 aromatic rings. The summed E-state index contributed by atoms with van der Waals surface area (Å²) >= 11 is 6.12. The zero-order valence-electron chi connectivity index (χ0n) is 11.0. The molecule has 1 N–H and O–H groups in total. The summed E-state index contributed by atoms with van der Waals surface area (Å²) in [5.74, 6) is -0.683. The number of carboxylic acids is 1. The van der Waals surface area contributed by atoms with Crippen molar-refractivity contribution in [2.45, 2.75) is 19.8 Å². The summed E-state index contributed by atoms with van der Waals surface area (Å²) in [7, 11) is 1.72. The number of hydrogen-bond donors (Lipinski definition) is 1. The van der Waals surface area contributed by atoms with E-state index in [-0.39, 0.29) is 5.69 Å². The van der Waals surface area contributed by atoms with Gasteiger partial charge >= 0.3 is 5.97 Å². The Morgan fingerprint density at radius 1 is 1.32 bits per heavy atom. The highest BCUT2D eigenvalue weighted by Crippen LogP contribution is 2.28. The first kappa shape index (κ1) is 13.6. The maximum Gasteiger partial charge on any atom is 0.356 e. The molecule has 0 unspecified atom stereocenters. The molecule has 100 valence electrons. The summed E-state index contributed by atoms with van der Waals surface area (Å²) in [6.07, 6.45) is 0. The first-order valence-corrected chi connectivity index (χ1v) is 6.34. The van der Waals surface area contributed by atoms with Gasteiger partial charge in [-0.3, -0.25) is 4.68 Å². The average molecular weight is 279 g/mol. The molecule has 0 aliphatic heterocycles. The van der Waals surface area contributed by atoms with Crippen molar-refractivity contribution in [1.82, 2.24) is 9.78 Å². The van der Waals surface area contributed by atoms with Crippen LogP contribution in [0, 0.1) is 0 Å². The first-order chi connectivity index (χ1) is 8.88. The van der Waals surface area contributed by atoms with Gasteiger partial charge in [-0.25, -0.2) is 4.79 Å². The summed E-state index contributed by atoms with van der Waals surface area (Å²) < 4.78 is 1.55. The second kappa shape index (κ2) is 5.05. The van der Waals surface area contributed by atoms with Crippen LogP contribution in [0.3, 0.4) is 0 Å². The van der Waals surface area contributed by atoms with E-state index in [1.807, 2.05) is 18.2 Å². The fourth-order valence-corrected chi connectivity index (χ4v) is 2.18. The van der Waals surface area contributed by atoms with Gasteiger partial charge in [0, 0.05) is 17.6 Å². The van der Waals surface area contributed by atoms with Crippen LogP contribution in [-0.2, 0) is 7.05 Å². The zero-order chi connectivity index (χ0) is 14.2. The molecule has 0 radical (unpaired) electrons. The predicted octanol–water partition coefficient (Wildman–Crippen LogP) is 3.56. The lowest BCUT2D eigenvalue weighted by Gasteiger charge is -2.09. The molecule has 0 spiro atoms. The van der Waals surface area contributed by atoms with E-state index in [0.717, 1.165) is 16.8 Å². The van der Waals surface area contributed by atoms with Crippen molar-refractivity contribution in [3.63, 3.8) is 0 Å². The SMILES string of the molecule is CC(C)c1cc(Cl)cc(-c2cc(C(=O)O)nn2C)c1. The van der Waals surface area contributed by atoms with E-state index in [0.29, 0.717) is 10.9 Å². The summed E-state index contributed by atoms with van der Waals surface area (Å²) in [4.78, 5) is 10.9. The Balaban J connectivity index is 2.55. The van der Waals surface area contributed by atoms with Gasteiger partial charge in [-0.05, 0) is 35.7 Å². The third-order valence-electron chi connectivity index (χ3n) is 2.98. The molecule has 0 bridgehead atoms. The standard InChI is InChI=1S/C14H15ClN2O2/c1-8(2)9-4-10(6-11(15)5-9)13-7-12(14(18)19)16-17(13)3/h4-8H,1-3H3,(H,18,19). The third kappa shape index (κ3) is 2.79. The molecule has 0 aliphatic rings. The minimum absolute atomic E-state index is 0.0311. The summed E-state index contributed by atoms with van der Waals surface area (Å²) in [5, 5.41) is 13.6. The van der Waals surface area contributed by atoms with Crippen LogP contribution in [0.1, 0.15) is 35.8 Å². The van der Waals surface area contributed by atoms with Crippen molar-refractivity contribution in [3.05, 3.63) is 40.5 Å². The van der Waals surface area contributed by atoms with Gasteiger partial charge in [0.05, 0.1) is 5.69 Å². The lowest BCUT2D eigenvalue weighted by Crippen LogP contribution is -1.99. The Labute approximate surface area is 116 Å². The van der Waals surface area contributed by atoms with Crippen LogP contribution in [-0.4, -0.2) is 20.9 Å². The van der Waals surface area contributed by atoms with E-state index >= 15 is 0 Å². The smallest absolute Gasteiger partial charge is 0.356 e. The van der Waals surface area contributed by atoms with E-state index < -0.39 is 5.97 Å². The van der Waals surface area contributed by atoms with Crippen LogP contribution in [0.5, 0.6) is 0 Å². The van der Waals surface area contributed by atoms with Crippen LogP contribution in [0.15, 0.2) is 24.3 Å². The second-order valence-electron chi connectivity index (χ2n) is 4.77. The number of halogens is 1. The molecule has 0 saturated carbocycles. The topological polar surface area (TPSA) is 55.1 Å². The molecular formula is C14H15ClN2O2. The number of aromatic carboxylic acids is 1. The third-order valence-corrected chi connectivity index (χ3v) is 3.20. The normalized spacial score (nSPS) is 11.0.